The van der Waals surface area contributed by atoms with Crippen molar-refractivity contribution in [3.63, 3.8) is 0 Å². The van der Waals surface area contributed by atoms with E-state index < -0.39 is 0 Å². The quantitative estimate of drug-likeness (QED) is 0.457. The monoisotopic (exact) mass is 523 g/mol. The molecule has 2 rings (SSSR count). The first-order valence-corrected chi connectivity index (χ1v) is 7.88. The van der Waals surface area contributed by atoms with Crippen LogP contribution < -0.4 is 0 Å². The van der Waals surface area contributed by atoms with Crippen molar-refractivity contribution in [2.24, 2.45) is 0 Å². The van der Waals surface area contributed by atoms with E-state index in [1.807, 2.05) is 0 Å². The topological polar surface area (TPSA) is 0 Å². The lowest BCUT2D eigenvalue weighted by molar-refractivity contribution is 0.722. The number of hydrogen-bond acceptors (Lipinski definition) is 0. The van der Waals surface area contributed by atoms with Gasteiger partial charge in [0.1, 0.15) is 0 Å². The van der Waals surface area contributed by atoms with E-state index in [1.54, 1.807) is 5.56 Å². The molecule has 0 nitrogen and oxygen atoms in total. The molecule has 0 heterocycles. The molecule has 0 aliphatic heterocycles. The molecular formula is C11H10I3. The predicted molar refractivity (Wildman–Crippen MR) is 85.5 cm³/mol. The van der Waals surface area contributed by atoms with Crippen molar-refractivity contribution in [3.8, 4) is 0 Å². The lowest BCUT2D eigenvalue weighted by Crippen LogP contribution is -2.00. The Bertz CT molecular complexity index is 317. The van der Waals surface area contributed by atoms with Gasteiger partial charge in [-0.3, -0.25) is 0 Å². The molecule has 1 fully saturated rings. The van der Waals surface area contributed by atoms with E-state index in [9.17, 15) is 0 Å². The van der Waals surface area contributed by atoms with Crippen LogP contribution in [0.25, 0.3) is 0 Å². The van der Waals surface area contributed by atoms with Gasteiger partial charge < -0.3 is 0 Å². The number of rotatable bonds is 1. The van der Waals surface area contributed by atoms with Crippen molar-refractivity contribution in [1.29, 1.82) is 0 Å². The Labute approximate surface area is 126 Å². The second-order valence-electron chi connectivity index (χ2n) is 3.58. The Morgan fingerprint density at radius 3 is 2.21 bits per heavy atom. The maximum absolute atomic E-state index is 2.48. The average molecular weight is 523 g/mol. The molecule has 1 aliphatic rings. The van der Waals surface area contributed by atoms with Crippen LogP contribution in [-0.4, -0.2) is 0 Å². The fraction of sp³-hybridized carbons (Fsp3) is 0.364. The molecule has 0 bridgehead atoms. The van der Waals surface area contributed by atoms with E-state index in [-0.39, 0.29) is 0 Å². The highest BCUT2D eigenvalue weighted by atomic mass is 127. The molecule has 0 spiro atoms. The molecule has 1 radical (unpaired) electrons. The van der Waals surface area contributed by atoms with Crippen LogP contribution in [0.5, 0.6) is 0 Å². The summed E-state index contributed by atoms with van der Waals surface area (Å²) in [6.07, 6.45) is 6.33. The van der Waals surface area contributed by atoms with Crippen LogP contribution in [0, 0.1) is 17.1 Å². The van der Waals surface area contributed by atoms with Gasteiger partial charge >= 0.3 is 0 Å². The third kappa shape index (κ3) is 2.56. The zero-order valence-corrected chi connectivity index (χ0v) is 14.0. The first-order chi connectivity index (χ1) is 6.68. The van der Waals surface area contributed by atoms with Crippen molar-refractivity contribution in [2.45, 2.75) is 25.2 Å². The largest absolute Gasteiger partial charge is 0.0496 e. The predicted octanol–water partition coefficient (Wildman–Crippen LogP) is 4.97. The molecule has 1 atom stereocenters. The summed E-state index contributed by atoms with van der Waals surface area (Å²) < 4.78 is 4.24. The van der Waals surface area contributed by atoms with Gasteiger partial charge in [0.2, 0.25) is 0 Å². The molecule has 1 saturated carbocycles. The smallest absolute Gasteiger partial charge is 0.0186 e. The third-order valence-corrected chi connectivity index (χ3v) is 5.03. The second-order valence-corrected chi connectivity index (χ2v) is 7.15. The van der Waals surface area contributed by atoms with Gasteiger partial charge in [-0.05, 0) is 117 Å². The van der Waals surface area contributed by atoms with Gasteiger partial charge in [-0.1, -0.05) is 0 Å². The summed E-state index contributed by atoms with van der Waals surface area (Å²) in [5, 5.41) is 0. The van der Waals surface area contributed by atoms with Crippen molar-refractivity contribution in [1.82, 2.24) is 0 Å². The van der Waals surface area contributed by atoms with E-state index >= 15 is 0 Å². The minimum Gasteiger partial charge on any atom is -0.0496 e. The summed E-state index contributed by atoms with van der Waals surface area (Å²) in [7, 11) is 0. The Hall–Kier alpha value is 1.41. The highest BCUT2D eigenvalue weighted by Crippen LogP contribution is 2.38. The van der Waals surface area contributed by atoms with E-state index in [0.29, 0.717) is 0 Å². The molecule has 75 valence electrons. The lowest BCUT2D eigenvalue weighted by Gasteiger charge is -2.14. The Kier molecular flexibility index (Phi) is 4.38. The van der Waals surface area contributed by atoms with Gasteiger partial charge in [-0.2, -0.15) is 0 Å². The van der Waals surface area contributed by atoms with Gasteiger partial charge in [0.15, 0.2) is 0 Å². The van der Waals surface area contributed by atoms with Gasteiger partial charge in [-0.25, -0.2) is 0 Å². The standard InChI is InChI=1S/C11H10I3/c12-8-5-9(13)11(10(14)6-8)7-3-1-2-4-7/h1,5-7H,2-4H2. The molecule has 1 aliphatic carbocycles. The molecule has 0 amide bonds. The van der Waals surface area contributed by atoms with Crippen LogP contribution >= 0.6 is 67.8 Å². The highest BCUT2D eigenvalue weighted by Gasteiger charge is 2.21. The minimum atomic E-state index is 0.783. The first-order valence-electron chi connectivity index (χ1n) is 4.64. The molecule has 0 saturated heterocycles. The molecule has 1 aromatic carbocycles. The minimum absolute atomic E-state index is 0.783. The van der Waals surface area contributed by atoms with Crippen LogP contribution in [0.15, 0.2) is 12.1 Å². The van der Waals surface area contributed by atoms with Gasteiger partial charge in [0, 0.05) is 10.7 Å². The van der Waals surface area contributed by atoms with Crippen LogP contribution in [0.4, 0.5) is 0 Å². The van der Waals surface area contributed by atoms with E-state index in [0.717, 1.165) is 5.92 Å². The van der Waals surface area contributed by atoms with Crippen molar-refractivity contribution in [3.05, 3.63) is 34.8 Å². The summed E-state index contributed by atoms with van der Waals surface area (Å²) in [4.78, 5) is 0. The fourth-order valence-electron chi connectivity index (χ4n) is 1.96. The zero-order valence-electron chi connectivity index (χ0n) is 7.56. The number of halogens is 3. The second kappa shape index (κ2) is 5.16. The third-order valence-electron chi connectivity index (χ3n) is 2.62. The summed E-state index contributed by atoms with van der Waals surface area (Å²) in [5.74, 6) is 0.783. The summed E-state index contributed by atoms with van der Waals surface area (Å²) >= 11 is 7.35. The molecule has 0 N–H and O–H groups in total. The SMILES string of the molecule is Ic1cc(I)c(C2C[CH]CC2)c(I)c1. The van der Waals surface area contributed by atoms with E-state index in [4.69, 9.17) is 0 Å². The maximum Gasteiger partial charge on any atom is 0.0186 e. The lowest BCUT2D eigenvalue weighted by atomic mass is 9.98. The van der Waals surface area contributed by atoms with Crippen molar-refractivity contribution >= 4 is 67.8 Å². The molecule has 1 unspecified atom stereocenters. The molecular weight excluding hydrogens is 513 g/mol. The summed E-state index contributed by atoms with van der Waals surface area (Å²) in [5.41, 5.74) is 1.58. The van der Waals surface area contributed by atoms with E-state index in [1.165, 1.54) is 30.0 Å². The highest BCUT2D eigenvalue weighted by molar-refractivity contribution is 14.1. The van der Waals surface area contributed by atoms with Crippen LogP contribution in [0.2, 0.25) is 0 Å². The maximum atomic E-state index is 2.48. The van der Waals surface area contributed by atoms with Crippen LogP contribution in [0.3, 0.4) is 0 Å². The molecule has 0 aromatic heterocycles. The van der Waals surface area contributed by atoms with E-state index in [2.05, 4.69) is 86.3 Å². The van der Waals surface area contributed by atoms with Gasteiger partial charge in [0.05, 0.1) is 0 Å². The Morgan fingerprint density at radius 2 is 1.71 bits per heavy atom. The molecule has 3 heteroatoms. The first kappa shape index (κ1) is 11.9. The summed E-state index contributed by atoms with van der Waals surface area (Å²) in [6, 6.07) is 4.58. The fourth-order valence-corrected chi connectivity index (χ4v) is 6.42. The Morgan fingerprint density at radius 1 is 1.07 bits per heavy atom. The average Bonchev–Trinajstić information content (AvgIpc) is 2.54. The molecule has 14 heavy (non-hydrogen) atoms. The van der Waals surface area contributed by atoms with Gasteiger partial charge in [-0.15, -0.1) is 0 Å². The number of hydrogen-bond donors (Lipinski definition) is 0. The number of benzene rings is 1. The van der Waals surface area contributed by atoms with Crippen molar-refractivity contribution < 1.29 is 0 Å². The van der Waals surface area contributed by atoms with Crippen molar-refractivity contribution in [2.75, 3.05) is 0 Å². The van der Waals surface area contributed by atoms with Crippen LogP contribution in [-0.2, 0) is 0 Å². The normalized spacial score (nSPS) is 17.6. The summed E-state index contributed by atoms with van der Waals surface area (Å²) in [6.45, 7) is 0. The van der Waals surface area contributed by atoms with Crippen LogP contribution in [0.1, 0.15) is 30.7 Å². The molecule has 1 aromatic rings. The Balaban J connectivity index is 2.40. The zero-order chi connectivity index (χ0) is 10.1. The van der Waals surface area contributed by atoms with Gasteiger partial charge in [0.25, 0.3) is 0 Å².